The molecule has 2 N–H and O–H groups in total. The van der Waals surface area contributed by atoms with Crippen molar-refractivity contribution in [3.63, 3.8) is 0 Å². The molecule has 0 unspecified atom stereocenters. The van der Waals surface area contributed by atoms with Crippen LogP contribution in [-0.4, -0.2) is 0 Å². The topological polar surface area (TPSA) is 39.2 Å². The first kappa shape index (κ1) is 8.88. The number of furan rings is 1. The summed E-state index contributed by atoms with van der Waals surface area (Å²) in [4.78, 5) is 0. The summed E-state index contributed by atoms with van der Waals surface area (Å²) < 4.78 is 5.36. The summed E-state index contributed by atoms with van der Waals surface area (Å²) in [6, 6.07) is 9.98. The second kappa shape index (κ2) is 3.22. The Morgan fingerprint density at radius 2 is 1.64 bits per heavy atom. The molecule has 0 fully saturated rings. The highest BCUT2D eigenvalue weighted by molar-refractivity contribution is 5.61. The van der Waals surface area contributed by atoms with Gasteiger partial charge < -0.3 is 10.2 Å². The Morgan fingerprint density at radius 3 is 2.14 bits per heavy atom. The third-order valence-corrected chi connectivity index (χ3v) is 2.13. The molecule has 2 rings (SSSR count). The van der Waals surface area contributed by atoms with Crippen molar-refractivity contribution in [3.05, 3.63) is 41.5 Å². The molecule has 2 aromatic rings. The summed E-state index contributed by atoms with van der Waals surface area (Å²) in [7, 11) is 0. The molecule has 0 aliphatic carbocycles. The average molecular weight is 187 g/mol. The van der Waals surface area contributed by atoms with Crippen LogP contribution < -0.4 is 5.73 Å². The van der Waals surface area contributed by atoms with Crippen LogP contribution in [0.3, 0.4) is 0 Å². The fraction of sp³-hybridized carbons (Fsp3) is 0.167. The molecular formula is C12H13NO. The number of nitrogens with two attached hydrogens (primary N) is 1. The van der Waals surface area contributed by atoms with Gasteiger partial charge in [0.1, 0.15) is 5.76 Å². The summed E-state index contributed by atoms with van der Waals surface area (Å²) in [5.74, 6) is 1.29. The quantitative estimate of drug-likeness (QED) is 0.744. The predicted octanol–water partition coefficient (Wildman–Crippen LogP) is 3.15. The van der Waals surface area contributed by atoms with Crippen LogP contribution in [0.15, 0.2) is 34.7 Å². The Hall–Kier alpha value is -1.70. The molecule has 0 radical (unpaired) electrons. The van der Waals surface area contributed by atoms with Crippen molar-refractivity contribution in [1.29, 1.82) is 0 Å². The zero-order valence-electron chi connectivity index (χ0n) is 8.37. The monoisotopic (exact) mass is 187 g/mol. The summed E-state index contributed by atoms with van der Waals surface area (Å²) in [6.07, 6.45) is 0. The zero-order chi connectivity index (χ0) is 10.1. The van der Waals surface area contributed by atoms with Gasteiger partial charge in [-0.3, -0.25) is 0 Å². The van der Waals surface area contributed by atoms with Gasteiger partial charge in [0, 0.05) is 11.6 Å². The van der Waals surface area contributed by atoms with Crippen molar-refractivity contribution >= 4 is 5.88 Å². The van der Waals surface area contributed by atoms with Crippen LogP contribution in [0, 0.1) is 13.8 Å². The molecule has 2 heteroatoms. The first-order valence-corrected chi connectivity index (χ1v) is 4.59. The van der Waals surface area contributed by atoms with Gasteiger partial charge in [0.05, 0.1) is 0 Å². The predicted molar refractivity (Wildman–Crippen MR) is 58.0 cm³/mol. The standard InChI is InChI=1S/C12H13NO/c1-8-5-9(2)7-10(6-8)11-3-4-12(13)14-11/h3-7H,13H2,1-2H3. The number of hydrogen-bond acceptors (Lipinski definition) is 2. The van der Waals surface area contributed by atoms with E-state index < -0.39 is 0 Å². The smallest absolute Gasteiger partial charge is 0.190 e. The van der Waals surface area contributed by atoms with E-state index in [1.54, 1.807) is 6.07 Å². The molecule has 0 saturated heterocycles. The van der Waals surface area contributed by atoms with E-state index in [1.807, 2.05) is 6.07 Å². The van der Waals surface area contributed by atoms with E-state index in [1.165, 1.54) is 11.1 Å². The van der Waals surface area contributed by atoms with Crippen LogP contribution in [0.1, 0.15) is 11.1 Å². The number of rotatable bonds is 1. The maximum Gasteiger partial charge on any atom is 0.190 e. The molecule has 0 bridgehead atoms. The van der Waals surface area contributed by atoms with Crippen molar-refractivity contribution < 1.29 is 4.42 Å². The number of anilines is 1. The number of benzene rings is 1. The minimum atomic E-state index is 0.458. The van der Waals surface area contributed by atoms with Gasteiger partial charge in [0.2, 0.25) is 0 Å². The maximum absolute atomic E-state index is 5.53. The van der Waals surface area contributed by atoms with E-state index in [0.717, 1.165) is 11.3 Å². The van der Waals surface area contributed by atoms with Crippen LogP contribution in [0.2, 0.25) is 0 Å². The van der Waals surface area contributed by atoms with Crippen molar-refractivity contribution in [2.75, 3.05) is 5.73 Å². The molecule has 0 saturated carbocycles. The fourth-order valence-electron chi connectivity index (χ4n) is 1.62. The molecule has 0 spiro atoms. The number of hydrogen-bond donors (Lipinski definition) is 1. The SMILES string of the molecule is Cc1cc(C)cc(-c2ccc(N)o2)c1. The summed E-state index contributed by atoms with van der Waals surface area (Å²) in [5.41, 5.74) is 9.07. The van der Waals surface area contributed by atoms with Gasteiger partial charge in [-0.2, -0.15) is 0 Å². The van der Waals surface area contributed by atoms with E-state index in [0.29, 0.717) is 5.88 Å². The van der Waals surface area contributed by atoms with E-state index in [2.05, 4.69) is 32.0 Å². The van der Waals surface area contributed by atoms with Crippen LogP contribution in [0.4, 0.5) is 5.88 Å². The first-order valence-electron chi connectivity index (χ1n) is 4.59. The molecule has 72 valence electrons. The van der Waals surface area contributed by atoms with Gasteiger partial charge in [-0.15, -0.1) is 0 Å². The lowest BCUT2D eigenvalue weighted by molar-refractivity contribution is 0.603. The second-order valence-corrected chi connectivity index (χ2v) is 3.58. The van der Waals surface area contributed by atoms with Gasteiger partial charge in [-0.25, -0.2) is 0 Å². The van der Waals surface area contributed by atoms with Crippen LogP contribution >= 0.6 is 0 Å². The van der Waals surface area contributed by atoms with E-state index in [9.17, 15) is 0 Å². The second-order valence-electron chi connectivity index (χ2n) is 3.58. The molecule has 1 aromatic carbocycles. The average Bonchev–Trinajstić information content (AvgIpc) is 2.50. The molecular weight excluding hydrogens is 174 g/mol. The molecule has 2 nitrogen and oxygen atoms in total. The van der Waals surface area contributed by atoms with Crippen molar-refractivity contribution in [2.45, 2.75) is 13.8 Å². The minimum absolute atomic E-state index is 0.458. The molecule has 14 heavy (non-hydrogen) atoms. The molecule has 1 heterocycles. The van der Waals surface area contributed by atoms with Crippen LogP contribution in [0.5, 0.6) is 0 Å². The zero-order valence-corrected chi connectivity index (χ0v) is 8.37. The molecule has 0 aliphatic heterocycles. The van der Waals surface area contributed by atoms with Gasteiger partial charge in [-0.1, -0.05) is 17.2 Å². The Morgan fingerprint density at radius 1 is 1.00 bits per heavy atom. The Bertz CT molecular complexity index is 437. The molecule has 0 amide bonds. The largest absolute Gasteiger partial charge is 0.441 e. The normalized spacial score (nSPS) is 10.4. The van der Waals surface area contributed by atoms with E-state index in [-0.39, 0.29) is 0 Å². The van der Waals surface area contributed by atoms with Gasteiger partial charge >= 0.3 is 0 Å². The molecule has 0 aliphatic rings. The third kappa shape index (κ3) is 1.64. The Labute approximate surface area is 83.4 Å². The summed E-state index contributed by atoms with van der Waals surface area (Å²) in [5, 5.41) is 0. The lowest BCUT2D eigenvalue weighted by atomic mass is 10.1. The Kier molecular flexibility index (Phi) is 2.04. The highest BCUT2D eigenvalue weighted by Crippen LogP contribution is 2.25. The van der Waals surface area contributed by atoms with Crippen LogP contribution in [0.25, 0.3) is 11.3 Å². The van der Waals surface area contributed by atoms with E-state index >= 15 is 0 Å². The summed E-state index contributed by atoms with van der Waals surface area (Å²) >= 11 is 0. The molecule has 0 atom stereocenters. The lowest BCUT2D eigenvalue weighted by Gasteiger charge is -2.01. The number of nitrogen functional groups attached to an aromatic ring is 1. The highest BCUT2D eigenvalue weighted by atomic mass is 16.3. The molecule has 1 aromatic heterocycles. The Balaban J connectivity index is 2.51. The first-order chi connectivity index (χ1) is 6.65. The van der Waals surface area contributed by atoms with Gasteiger partial charge in [-0.05, 0) is 32.0 Å². The van der Waals surface area contributed by atoms with Crippen molar-refractivity contribution in [3.8, 4) is 11.3 Å². The van der Waals surface area contributed by atoms with Crippen molar-refractivity contribution in [1.82, 2.24) is 0 Å². The van der Waals surface area contributed by atoms with E-state index in [4.69, 9.17) is 10.2 Å². The number of aryl methyl sites for hydroxylation is 2. The lowest BCUT2D eigenvalue weighted by Crippen LogP contribution is -1.81. The minimum Gasteiger partial charge on any atom is -0.441 e. The summed E-state index contributed by atoms with van der Waals surface area (Å²) in [6.45, 7) is 4.14. The highest BCUT2D eigenvalue weighted by Gasteiger charge is 2.03. The van der Waals surface area contributed by atoms with Crippen LogP contribution in [-0.2, 0) is 0 Å². The van der Waals surface area contributed by atoms with Gasteiger partial charge in [0.25, 0.3) is 0 Å². The van der Waals surface area contributed by atoms with Crippen molar-refractivity contribution in [2.24, 2.45) is 0 Å². The van der Waals surface area contributed by atoms with Gasteiger partial charge in [0.15, 0.2) is 5.88 Å². The maximum atomic E-state index is 5.53. The fourth-order valence-corrected chi connectivity index (χ4v) is 1.62. The third-order valence-electron chi connectivity index (χ3n) is 2.13.